The van der Waals surface area contributed by atoms with Crippen LogP contribution >= 0.6 is 0 Å². The Kier molecular flexibility index (Phi) is 6.92. The normalized spacial score (nSPS) is 15.2. The lowest BCUT2D eigenvalue weighted by atomic mass is 10.1. The molecule has 1 aliphatic rings. The van der Waals surface area contributed by atoms with E-state index in [2.05, 4.69) is 145 Å². The highest BCUT2D eigenvalue weighted by Crippen LogP contribution is 2.34. The molecule has 5 rings (SSSR count). The predicted octanol–water partition coefficient (Wildman–Crippen LogP) is 7.12. The van der Waals surface area contributed by atoms with Gasteiger partial charge in [-0.15, -0.1) is 0 Å². The van der Waals surface area contributed by atoms with Crippen LogP contribution in [0.3, 0.4) is 0 Å². The molecule has 4 aromatic rings. The largest absolute Gasteiger partial charge is 0.158 e. The monoisotopic (exact) mass is 498 g/mol. The molecule has 1 unspecified atom stereocenters. The van der Waals surface area contributed by atoms with Crippen molar-refractivity contribution in [2.75, 3.05) is 0 Å². The molecule has 0 aliphatic heterocycles. The van der Waals surface area contributed by atoms with Gasteiger partial charge in [0, 0.05) is 5.54 Å². The molecule has 0 heterocycles. The highest BCUT2D eigenvalue weighted by atomic mass is 28.3. The summed E-state index contributed by atoms with van der Waals surface area (Å²) in [7, 11) is -2.50. The Balaban J connectivity index is 1.82. The van der Waals surface area contributed by atoms with E-state index in [0.717, 1.165) is 6.42 Å². The lowest BCUT2D eigenvalue weighted by Gasteiger charge is -2.39. The highest BCUT2D eigenvalue weighted by molar-refractivity contribution is 7.13. The maximum atomic E-state index is 2.59. The van der Waals surface area contributed by atoms with E-state index in [1.165, 1.54) is 60.1 Å². The lowest BCUT2D eigenvalue weighted by Crippen LogP contribution is -2.69. The Morgan fingerprint density at radius 2 is 0.946 bits per heavy atom. The third kappa shape index (κ3) is 5.06. The summed E-state index contributed by atoms with van der Waals surface area (Å²) in [6, 6.07) is 32.7. The van der Waals surface area contributed by atoms with Crippen LogP contribution < -0.4 is 15.6 Å². The van der Waals surface area contributed by atoms with E-state index in [9.17, 15) is 0 Å². The molecule has 0 saturated carbocycles. The van der Waals surface area contributed by atoms with Crippen LogP contribution in [0.15, 0.2) is 109 Å². The summed E-state index contributed by atoms with van der Waals surface area (Å²) >= 11 is 0. The van der Waals surface area contributed by atoms with E-state index in [1.54, 1.807) is 0 Å². The highest BCUT2D eigenvalue weighted by Gasteiger charge is 2.46. The average molecular weight is 499 g/mol. The Morgan fingerprint density at radius 3 is 1.35 bits per heavy atom. The van der Waals surface area contributed by atoms with Gasteiger partial charge in [-0.2, -0.15) is 0 Å². The zero-order valence-corrected chi connectivity index (χ0v) is 24.1. The van der Waals surface area contributed by atoms with Crippen molar-refractivity contribution in [3.05, 3.63) is 148 Å². The maximum absolute atomic E-state index is 2.59. The van der Waals surface area contributed by atoms with Crippen LogP contribution in [0.4, 0.5) is 0 Å². The first-order valence-electron chi connectivity index (χ1n) is 13.4. The van der Waals surface area contributed by atoms with Crippen LogP contribution in [0, 0.1) is 41.5 Å². The molecule has 186 valence electrons. The topological polar surface area (TPSA) is 0 Å². The molecule has 1 aliphatic carbocycles. The van der Waals surface area contributed by atoms with Gasteiger partial charge in [-0.05, 0) is 74.7 Å². The molecule has 0 spiro atoms. The summed E-state index contributed by atoms with van der Waals surface area (Å²) in [6.45, 7) is 13.5. The molecule has 37 heavy (non-hydrogen) atoms. The SMILES string of the molecule is Cc1cc(C)cc([Si](c2cc(C)cc(C)c2)(c2cc(C)cc(C)c2)C2C=CC(Cc3ccccc3)=C2)c1. The molecule has 0 aromatic heterocycles. The van der Waals surface area contributed by atoms with Crippen molar-refractivity contribution in [1.82, 2.24) is 0 Å². The Labute approximate surface area is 224 Å². The van der Waals surface area contributed by atoms with Gasteiger partial charge in [0.05, 0.1) is 0 Å². The first kappa shape index (κ1) is 25.2. The molecule has 0 N–H and O–H groups in total. The zero-order valence-electron chi connectivity index (χ0n) is 23.1. The van der Waals surface area contributed by atoms with Crippen molar-refractivity contribution in [1.29, 1.82) is 0 Å². The van der Waals surface area contributed by atoms with E-state index < -0.39 is 8.07 Å². The quantitative estimate of drug-likeness (QED) is 0.196. The van der Waals surface area contributed by atoms with Crippen LogP contribution in [0.5, 0.6) is 0 Å². The Hall–Kier alpha value is -3.42. The van der Waals surface area contributed by atoms with E-state index in [-0.39, 0.29) is 0 Å². The van der Waals surface area contributed by atoms with Gasteiger partial charge in [0.15, 0.2) is 8.07 Å². The van der Waals surface area contributed by atoms with Crippen LogP contribution in [-0.2, 0) is 6.42 Å². The number of hydrogen-bond donors (Lipinski definition) is 0. The van der Waals surface area contributed by atoms with E-state index in [0.29, 0.717) is 5.54 Å². The Bertz CT molecular complexity index is 1320. The van der Waals surface area contributed by atoms with Crippen LogP contribution in [0.25, 0.3) is 0 Å². The standard InChI is InChI=1S/C36H38Si/c1-25-14-26(2)18-34(17-25)37(35-19-27(3)15-28(4)20-35,36-21-29(5)16-30(6)22-36)33-13-12-32(24-33)23-31-10-8-7-9-11-31/h7-22,24,33H,23H2,1-6H3. The fourth-order valence-electron chi connectivity index (χ4n) is 6.47. The number of hydrogen-bond acceptors (Lipinski definition) is 0. The number of rotatable bonds is 6. The maximum Gasteiger partial charge on any atom is 0.158 e. The van der Waals surface area contributed by atoms with Crippen LogP contribution in [-0.4, -0.2) is 8.07 Å². The second kappa shape index (κ2) is 10.1. The first-order valence-corrected chi connectivity index (χ1v) is 15.5. The van der Waals surface area contributed by atoms with Crippen molar-refractivity contribution in [2.45, 2.75) is 53.5 Å². The molecule has 0 amide bonds. The third-order valence-electron chi connectivity index (χ3n) is 7.69. The van der Waals surface area contributed by atoms with Crippen molar-refractivity contribution in [3.8, 4) is 0 Å². The van der Waals surface area contributed by atoms with E-state index >= 15 is 0 Å². The molecule has 0 fully saturated rings. The molecule has 4 aromatic carbocycles. The van der Waals surface area contributed by atoms with Gasteiger partial charge < -0.3 is 0 Å². The molecular weight excluding hydrogens is 460 g/mol. The second-order valence-corrected chi connectivity index (χ2v) is 15.2. The van der Waals surface area contributed by atoms with Crippen molar-refractivity contribution >= 4 is 23.6 Å². The minimum atomic E-state index is -2.50. The number of allylic oxidation sites excluding steroid dienone is 4. The second-order valence-electron chi connectivity index (χ2n) is 11.2. The van der Waals surface area contributed by atoms with Gasteiger partial charge in [0.25, 0.3) is 0 Å². The summed E-state index contributed by atoms with van der Waals surface area (Å²) in [5.41, 5.74) is 11.2. The Morgan fingerprint density at radius 1 is 0.541 bits per heavy atom. The molecule has 1 heteroatoms. The van der Waals surface area contributed by atoms with E-state index in [1.807, 2.05) is 0 Å². The molecule has 0 radical (unpaired) electrons. The smallest absolute Gasteiger partial charge is 0.0790 e. The number of aryl methyl sites for hydroxylation is 6. The first-order chi connectivity index (χ1) is 17.7. The molecular formula is C36H38Si. The summed E-state index contributed by atoms with van der Waals surface area (Å²) in [6.07, 6.45) is 8.47. The molecule has 0 nitrogen and oxygen atoms in total. The van der Waals surface area contributed by atoms with Gasteiger partial charge >= 0.3 is 0 Å². The van der Waals surface area contributed by atoms with Crippen molar-refractivity contribution in [3.63, 3.8) is 0 Å². The third-order valence-corrected chi connectivity index (χ3v) is 12.7. The summed E-state index contributed by atoms with van der Waals surface area (Å²) < 4.78 is 0. The minimum absolute atomic E-state index is 0.342. The van der Waals surface area contributed by atoms with Crippen LogP contribution in [0.2, 0.25) is 5.54 Å². The van der Waals surface area contributed by atoms with Gasteiger partial charge in [0.2, 0.25) is 0 Å². The number of benzene rings is 4. The van der Waals surface area contributed by atoms with Gasteiger partial charge in [0.1, 0.15) is 0 Å². The lowest BCUT2D eigenvalue weighted by molar-refractivity contribution is 1.19. The summed E-state index contributed by atoms with van der Waals surface area (Å²) in [5, 5.41) is 4.52. The minimum Gasteiger partial charge on any atom is -0.0790 e. The van der Waals surface area contributed by atoms with Gasteiger partial charge in [-0.25, -0.2) is 0 Å². The van der Waals surface area contributed by atoms with E-state index in [4.69, 9.17) is 0 Å². The molecule has 0 bridgehead atoms. The summed E-state index contributed by atoms with van der Waals surface area (Å²) in [5.74, 6) is 0. The fraction of sp³-hybridized carbons (Fsp3) is 0.222. The average Bonchev–Trinajstić information content (AvgIpc) is 3.27. The molecule has 0 saturated heterocycles. The fourth-order valence-corrected chi connectivity index (χ4v) is 12.2. The van der Waals surface area contributed by atoms with Crippen molar-refractivity contribution < 1.29 is 0 Å². The van der Waals surface area contributed by atoms with Gasteiger partial charge in [-0.3, -0.25) is 0 Å². The zero-order chi connectivity index (χ0) is 26.2. The summed E-state index contributed by atoms with van der Waals surface area (Å²) in [4.78, 5) is 0. The van der Waals surface area contributed by atoms with Crippen molar-refractivity contribution in [2.24, 2.45) is 0 Å². The molecule has 1 atom stereocenters. The van der Waals surface area contributed by atoms with Gasteiger partial charge in [-0.1, -0.05) is 137 Å². The van der Waals surface area contributed by atoms with Crippen LogP contribution in [0.1, 0.15) is 38.9 Å². The predicted molar refractivity (Wildman–Crippen MR) is 164 cm³/mol.